The van der Waals surface area contributed by atoms with Gasteiger partial charge in [0.15, 0.2) is 17.5 Å². The molecule has 4 aliphatic carbocycles. The number of hydrogen-bond donors (Lipinski definition) is 0. The highest BCUT2D eigenvalue weighted by molar-refractivity contribution is 5.97. The molecule has 9 aromatic rings. The molecule has 2 unspecified atom stereocenters. The van der Waals surface area contributed by atoms with E-state index in [1.807, 2.05) is 12.4 Å². The van der Waals surface area contributed by atoms with Crippen LogP contribution < -0.4 is 0 Å². The van der Waals surface area contributed by atoms with Crippen LogP contribution in [0.15, 0.2) is 182 Å². The molecule has 4 nitrogen and oxygen atoms in total. The van der Waals surface area contributed by atoms with Crippen LogP contribution >= 0.6 is 0 Å². The van der Waals surface area contributed by atoms with Crippen molar-refractivity contribution in [3.8, 4) is 56.4 Å². The smallest absolute Gasteiger partial charge is 0.164 e. The third-order valence-electron chi connectivity index (χ3n) is 14.2. The predicted octanol–water partition coefficient (Wildman–Crippen LogP) is 13.7. The first-order valence-corrected chi connectivity index (χ1v) is 21.5. The Kier molecular flexibility index (Phi) is 8.16. The largest absolute Gasteiger partial charge is 0.265 e. The fourth-order valence-corrected chi connectivity index (χ4v) is 11.9. The van der Waals surface area contributed by atoms with Gasteiger partial charge in [-0.25, -0.2) is 15.0 Å². The Labute approximate surface area is 351 Å². The SMILES string of the molecule is c1ccc2c(-c3nc(-c4ccc(-c5ccc(C67CC8CC(CC(c9ccc(-c%10ccncc%10)cc9)(C8)C6)C7)cc5)cc4)nc(-c4cccc5ccccc45)n3)cccc2c1. The summed E-state index contributed by atoms with van der Waals surface area (Å²) in [5.41, 5.74) is 11.5. The van der Waals surface area contributed by atoms with E-state index in [9.17, 15) is 0 Å². The fourth-order valence-electron chi connectivity index (χ4n) is 11.9. The lowest BCUT2D eigenvalue weighted by atomic mass is 9.41. The maximum atomic E-state index is 5.15. The second-order valence-electron chi connectivity index (χ2n) is 17.8. The van der Waals surface area contributed by atoms with Gasteiger partial charge in [-0.05, 0) is 128 Å². The lowest BCUT2D eigenvalue weighted by Crippen LogP contribution is -2.55. The van der Waals surface area contributed by atoms with Crippen LogP contribution in [0.5, 0.6) is 0 Å². The molecular weight excluding hydrogens is 729 g/mol. The summed E-state index contributed by atoms with van der Waals surface area (Å²) in [6.07, 6.45) is 11.7. The summed E-state index contributed by atoms with van der Waals surface area (Å²) in [5.74, 6) is 3.62. The molecule has 4 fully saturated rings. The van der Waals surface area contributed by atoms with E-state index >= 15 is 0 Å². The minimum Gasteiger partial charge on any atom is -0.265 e. The van der Waals surface area contributed by atoms with E-state index in [0.29, 0.717) is 17.5 Å². The van der Waals surface area contributed by atoms with Crippen LogP contribution in [-0.4, -0.2) is 19.9 Å². The lowest BCUT2D eigenvalue weighted by molar-refractivity contribution is -0.0281. The molecule has 4 heteroatoms. The van der Waals surface area contributed by atoms with Crippen LogP contribution in [0.2, 0.25) is 0 Å². The second kappa shape index (κ2) is 13.9. The second-order valence-corrected chi connectivity index (χ2v) is 17.8. The number of benzene rings is 7. The average molecular weight is 773 g/mol. The standard InChI is InChI=1S/C56H44N4/c1-3-11-48-43(7-1)9-5-13-50(48)53-58-52(59-54(60-53)51-14-6-10-44-8-2-4-12-49(44)51)45-17-15-39(16-18-45)40-19-23-46(24-20-40)55-32-37-31-38(33-55)35-56(34-37,36-55)47-25-21-41(22-26-47)42-27-29-57-30-28-42/h1-30,37-38H,31-36H2. The van der Waals surface area contributed by atoms with E-state index in [-0.39, 0.29) is 10.8 Å². The van der Waals surface area contributed by atoms with Crippen LogP contribution in [0.4, 0.5) is 0 Å². The highest BCUT2D eigenvalue weighted by atomic mass is 15.0. The van der Waals surface area contributed by atoms with Gasteiger partial charge in [-0.3, -0.25) is 4.98 Å². The van der Waals surface area contributed by atoms with E-state index in [0.717, 1.165) is 50.1 Å². The van der Waals surface area contributed by atoms with Crippen LogP contribution in [-0.2, 0) is 10.8 Å². The maximum Gasteiger partial charge on any atom is 0.164 e. The minimum atomic E-state index is 0.249. The monoisotopic (exact) mass is 772 g/mol. The Morgan fingerprint density at radius 1 is 0.367 bits per heavy atom. The molecule has 4 bridgehead atoms. The highest BCUT2D eigenvalue weighted by Gasteiger charge is 2.58. The van der Waals surface area contributed by atoms with Gasteiger partial charge in [0.1, 0.15) is 0 Å². The Bertz CT molecular complexity index is 2920. The summed E-state index contributed by atoms with van der Waals surface area (Å²) in [5, 5.41) is 4.57. The van der Waals surface area contributed by atoms with Gasteiger partial charge in [-0.15, -0.1) is 0 Å². The van der Waals surface area contributed by atoms with Crippen LogP contribution in [0.25, 0.3) is 78.0 Å². The molecule has 0 amide bonds. The quantitative estimate of drug-likeness (QED) is 0.162. The molecule has 0 spiro atoms. The first-order valence-electron chi connectivity index (χ1n) is 21.5. The summed E-state index contributed by atoms with van der Waals surface area (Å²) in [6, 6.07) is 61.7. The normalized spacial score (nSPS) is 21.7. The summed E-state index contributed by atoms with van der Waals surface area (Å²) in [7, 11) is 0. The number of rotatable bonds is 7. The molecule has 4 saturated carbocycles. The summed E-state index contributed by atoms with van der Waals surface area (Å²) < 4.78 is 0. The molecule has 4 aliphatic rings. The van der Waals surface area contributed by atoms with E-state index in [2.05, 4.69) is 175 Å². The number of nitrogens with zero attached hydrogens (tertiary/aromatic N) is 4. The van der Waals surface area contributed by atoms with Gasteiger partial charge in [0.05, 0.1) is 0 Å². The van der Waals surface area contributed by atoms with Crippen LogP contribution in [0.3, 0.4) is 0 Å². The van der Waals surface area contributed by atoms with E-state index in [4.69, 9.17) is 15.0 Å². The van der Waals surface area contributed by atoms with Crippen molar-refractivity contribution in [1.29, 1.82) is 0 Å². The first kappa shape index (κ1) is 35.2. The van der Waals surface area contributed by atoms with Gasteiger partial charge in [0.2, 0.25) is 0 Å². The summed E-state index contributed by atoms with van der Waals surface area (Å²) in [4.78, 5) is 19.7. The van der Waals surface area contributed by atoms with Gasteiger partial charge in [0.25, 0.3) is 0 Å². The lowest BCUT2D eigenvalue weighted by Gasteiger charge is -2.63. The zero-order valence-electron chi connectivity index (χ0n) is 33.5. The molecule has 2 aromatic heterocycles. The van der Waals surface area contributed by atoms with Crippen molar-refractivity contribution >= 4 is 21.5 Å². The molecule has 0 radical (unpaired) electrons. The van der Waals surface area contributed by atoms with Crippen molar-refractivity contribution < 1.29 is 0 Å². The Hall–Kier alpha value is -6.78. The maximum absolute atomic E-state index is 5.15. The molecule has 13 rings (SSSR count). The molecule has 288 valence electrons. The van der Waals surface area contributed by atoms with Gasteiger partial charge < -0.3 is 0 Å². The zero-order valence-corrected chi connectivity index (χ0v) is 33.5. The Morgan fingerprint density at radius 2 is 0.767 bits per heavy atom. The van der Waals surface area contributed by atoms with Crippen molar-refractivity contribution in [3.63, 3.8) is 0 Å². The molecule has 2 atom stereocenters. The Morgan fingerprint density at radius 3 is 1.27 bits per heavy atom. The number of fused-ring (bicyclic) bond motifs is 2. The van der Waals surface area contributed by atoms with Crippen molar-refractivity contribution in [3.05, 3.63) is 193 Å². The van der Waals surface area contributed by atoms with E-state index in [1.165, 1.54) is 66.3 Å². The van der Waals surface area contributed by atoms with E-state index < -0.39 is 0 Å². The molecule has 2 heterocycles. The molecular formula is C56H44N4. The van der Waals surface area contributed by atoms with Crippen molar-refractivity contribution in [2.75, 3.05) is 0 Å². The van der Waals surface area contributed by atoms with Crippen molar-refractivity contribution in [2.45, 2.75) is 49.4 Å². The molecule has 7 aromatic carbocycles. The van der Waals surface area contributed by atoms with E-state index in [1.54, 1.807) is 5.56 Å². The number of pyridine rings is 1. The van der Waals surface area contributed by atoms with Crippen LogP contribution in [0.1, 0.15) is 49.7 Å². The topological polar surface area (TPSA) is 51.6 Å². The third kappa shape index (κ3) is 5.96. The summed E-state index contributed by atoms with van der Waals surface area (Å²) in [6.45, 7) is 0. The summed E-state index contributed by atoms with van der Waals surface area (Å²) >= 11 is 0. The van der Waals surface area contributed by atoms with Crippen LogP contribution in [0, 0.1) is 11.8 Å². The number of hydrogen-bond acceptors (Lipinski definition) is 4. The van der Waals surface area contributed by atoms with Gasteiger partial charge in [-0.1, -0.05) is 158 Å². The minimum absolute atomic E-state index is 0.249. The highest BCUT2D eigenvalue weighted by Crippen LogP contribution is 2.66. The van der Waals surface area contributed by atoms with Crippen molar-refractivity contribution in [2.24, 2.45) is 11.8 Å². The Balaban J connectivity index is 0.861. The average Bonchev–Trinajstić information content (AvgIpc) is 3.31. The van der Waals surface area contributed by atoms with Gasteiger partial charge >= 0.3 is 0 Å². The predicted molar refractivity (Wildman–Crippen MR) is 244 cm³/mol. The fraction of sp³-hybridized carbons (Fsp3) is 0.179. The molecule has 60 heavy (non-hydrogen) atoms. The third-order valence-corrected chi connectivity index (χ3v) is 14.2. The van der Waals surface area contributed by atoms with Crippen molar-refractivity contribution in [1.82, 2.24) is 19.9 Å². The van der Waals surface area contributed by atoms with Gasteiger partial charge in [-0.2, -0.15) is 0 Å². The zero-order chi connectivity index (χ0) is 39.7. The number of aromatic nitrogens is 4. The first-order chi connectivity index (χ1) is 29.6. The molecule has 0 saturated heterocycles. The molecule has 0 aliphatic heterocycles. The molecule has 0 N–H and O–H groups in total. The van der Waals surface area contributed by atoms with Gasteiger partial charge in [0, 0.05) is 29.1 Å².